The molecule has 0 aliphatic rings. The zero-order chi connectivity index (χ0) is 19.0. The molecule has 142 valence electrons. The first-order chi connectivity index (χ1) is 12.4. The summed E-state index contributed by atoms with van der Waals surface area (Å²) in [7, 11) is -2.81. The lowest BCUT2D eigenvalue weighted by molar-refractivity contribution is 0.241. The standard InChI is InChI=1S/C15H21N5O4S2/c1-4-20(8-5-9-24-26(21,22)23-3)13-6-7-14(12(2)10-13)18-19-15-16-11-17-25-15/h6-7,10-11H,4-5,8-9H2,1-3H3. The van der Waals surface area contributed by atoms with E-state index < -0.39 is 10.4 Å². The largest absolute Gasteiger partial charge is 0.399 e. The van der Waals surface area contributed by atoms with Crippen LogP contribution in [0.1, 0.15) is 18.9 Å². The van der Waals surface area contributed by atoms with Crippen molar-refractivity contribution in [3.63, 3.8) is 0 Å². The highest BCUT2D eigenvalue weighted by Gasteiger charge is 2.10. The lowest BCUT2D eigenvalue weighted by atomic mass is 10.1. The molecule has 0 fully saturated rings. The van der Waals surface area contributed by atoms with Gasteiger partial charge in [-0.25, -0.2) is 9.17 Å². The Morgan fingerprint density at radius 2 is 2.12 bits per heavy atom. The zero-order valence-electron chi connectivity index (χ0n) is 14.8. The number of aromatic nitrogens is 2. The summed E-state index contributed by atoms with van der Waals surface area (Å²) in [5, 5.41) is 8.76. The number of benzene rings is 1. The zero-order valence-corrected chi connectivity index (χ0v) is 16.5. The molecule has 1 aromatic carbocycles. The van der Waals surface area contributed by atoms with Gasteiger partial charge < -0.3 is 4.90 Å². The molecular weight excluding hydrogens is 378 g/mol. The van der Waals surface area contributed by atoms with Gasteiger partial charge in [0.25, 0.3) is 0 Å². The molecule has 0 bridgehead atoms. The van der Waals surface area contributed by atoms with Crippen LogP contribution < -0.4 is 4.90 Å². The van der Waals surface area contributed by atoms with Crippen LogP contribution >= 0.6 is 11.5 Å². The molecule has 2 rings (SSSR count). The summed E-state index contributed by atoms with van der Waals surface area (Å²) in [5.74, 6) is 0. The number of rotatable bonds is 10. The number of hydrogen-bond acceptors (Lipinski definition) is 10. The molecule has 1 aromatic heterocycles. The van der Waals surface area contributed by atoms with Gasteiger partial charge in [-0.3, -0.25) is 4.18 Å². The second-order valence-electron chi connectivity index (χ2n) is 5.22. The number of anilines is 1. The van der Waals surface area contributed by atoms with Crippen molar-refractivity contribution in [1.82, 2.24) is 9.36 Å². The maximum atomic E-state index is 11.1. The summed E-state index contributed by atoms with van der Waals surface area (Å²) in [6.45, 7) is 5.49. The van der Waals surface area contributed by atoms with Gasteiger partial charge in [-0.05, 0) is 44.0 Å². The van der Waals surface area contributed by atoms with Crippen molar-refractivity contribution in [3.8, 4) is 0 Å². The smallest absolute Gasteiger partial charge is 0.372 e. The Balaban J connectivity index is 1.96. The normalized spacial score (nSPS) is 12.0. The molecule has 0 unspecified atom stereocenters. The Bertz CT molecular complexity index is 825. The van der Waals surface area contributed by atoms with E-state index in [1.807, 2.05) is 32.0 Å². The quantitative estimate of drug-likeness (QED) is 0.445. The summed E-state index contributed by atoms with van der Waals surface area (Å²) < 4.78 is 35.1. The van der Waals surface area contributed by atoms with Crippen molar-refractivity contribution in [1.29, 1.82) is 0 Å². The van der Waals surface area contributed by atoms with Gasteiger partial charge in [0.05, 0.1) is 19.4 Å². The number of nitrogens with zero attached hydrogens (tertiary/aromatic N) is 5. The predicted molar refractivity (Wildman–Crippen MR) is 99.6 cm³/mol. The first-order valence-corrected chi connectivity index (χ1v) is 10.0. The molecule has 26 heavy (non-hydrogen) atoms. The first-order valence-electron chi connectivity index (χ1n) is 7.94. The van der Waals surface area contributed by atoms with Crippen LogP contribution in [0.25, 0.3) is 0 Å². The van der Waals surface area contributed by atoms with Crippen molar-refractivity contribution in [3.05, 3.63) is 30.1 Å². The van der Waals surface area contributed by atoms with Gasteiger partial charge in [0.1, 0.15) is 6.33 Å². The third kappa shape index (κ3) is 6.09. The Kier molecular flexibility index (Phi) is 7.57. The van der Waals surface area contributed by atoms with E-state index in [4.69, 9.17) is 4.18 Å². The fourth-order valence-corrected chi connectivity index (χ4v) is 2.97. The van der Waals surface area contributed by atoms with Crippen LogP contribution in [0.3, 0.4) is 0 Å². The predicted octanol–water partition coefficient (Wildman–Crippen LogP) is 3.39. The van der Waals surface area contributed by atoms with E-state index >= 15 is 0 Å². The fraction of sp³-hybridized carbons (Fsp3) is 0.467. The van der Waals surface area contributed by atoms with Crippen LogP contribution in [0.4, 0.5) is 16.5 Å². The summed E-state index contributed by atoms with van der Waals surface area (Å²) in [5.41, 5.74) is 2.76. The van der Waals surface area contributed by atoms with Gasteiger partial charge in [0.15, 0.2) is 0 Å². The van der Waals surface area contributed by atoms with Crippen LogP contribution in [0.5, 0.6) is 0 Å². The van der Waals surface area contributed by atoms with Gasteiger partial charge >= 0.3 is 10.4 Å². The highest BCUT2D eigenvalue weighted by molar-refractivity contribution is 7.81. The lowest BCUT2D eigenvalue weighted by Gasteiger charge is -2.23. The van der Waals surface area contributed by atoms with Gasteiger partial charge in [0.2, 0.25) is 5.13 Å². The van der Waals surface area contributed by atoms with Crippen LogP contribution in [-0.2, 0) is 18.8 Å². The van der Waals surface area contributed by atoms with Gasteiger partial charge in [-0.15, -0.1) is 10.2 Å². The molecule has 9 nitrogen and oxygen atoms in total. The van der Waals surface area contributed by atoms with Crippen molar-refractivity contribution in [2.75, 3.05) is 31.7 Å². The number of hydrogen-bond donors (Lipinski definition) is 0. The third-order valence-electron chi connectivity index (χ3n) is 3.52. The molecule has 0 N–H and O–H groups in total. The Morgan fingerprint density at radius 1 is 1.31 bits per heavy atom. The monoisotopic (exact) mass is 399 g/mol. The van der Waals surface area contributed by atoms with E-state index in [0.717, 1.165) is 30.6 Å². The van der Waals surface area contributed by atoms with E-state index in [2.05, 4.69) is 28.7 Å². The molecule has 2 aromatic rings. The maximum absolute atomic E-state index is 11.1. The highest BCUT2D eigenvalue weighted by atomic mass is 32.3. The molecule has 0 aliphatic carbocycles. The molecule has 0 saturated heterocycles. The van der Waals surface area contributed by atoms with E-state index in [9.17, 15) is 8.42 Å². The second kappa shape index (κ2) is 9.67. The van der Waals surface area contributed by atoms with Crippen LogP contribution in [0, 0.1) is 6.92 Å². The molecule has 0 spiro atoms. The molecule has 1 heterocycles. The maximum Gasteiger partial charge on any atom is 0.399 e. The summed E-state index contributed by atoms with van der Waals surface area (Å²) in [6.07, 6.45) is 1.99. The van der Waals surface area contributed by atoms with E-state index in [1.165, 1.54) is 17.9 Å². The van der Waals surface area contributed by atoms with Crippen LogP contribution in [-0.4, -0.2) is 44.6 Å². The molecule has 0 saturated carbocycles. The molecule has 0 atom stereocenters. The minimum absolute atomic E-state index is 0.0692. The van der Waals surface area contributed by atoms with E-state index in [-0.39, 0.29) is 6.61 Å². The average Bonchev–Trinajstić information content (AvgIpc) is 3.14. The molecule has 0 radical (unpaired) electrons. The molecular formula is C15H21N5O4S2. The second-order valence-corrected chi connectivity index (χ2v) is 7.37. The molecule has 0 aliphatic heterocycles. The van der Waals surface area contributed by atoms with Gasteiger partial charge in [0, 0.05) is 30.3 Å². The topological polar surface area (TPSA) is 106 Å². The molecule has 0 amide bonds. The Hall–Kier alpha value is -1.95. The summed E-state index contributed by atoms with van der Waals surface area (Å²) >= 11 is 1.18. The van der Waals surface area contributed by atoms with Crippen LogP contribution in [0.15, 0.2) is 34.8 Å². The van der Waals surface area contributed by atoms with Crippen molar-refractivity contribution >= 4 is 38.4 Å². The fourth-order valence-electron chi connectivity index (χ4n) is 2.19. The minimum Gasteiger partial charge on any atom is -0.372 e. The Morgan fingerprint density at radius 3 is 2.73 bits per heavy atom. The van der Waals surface area contributed by atoms with Crippen LogP contribution in [0.2, 0.25) is 0 Å². The van der Waals surface area contributed by atoms with Crippen molar-refractivity contribution in [2.45, 2.75) is 20.3 Å². The number of azo groups is 1. The van der Waals surface area contributed by atoms with E-state index in [0.29, 0.717) is 18.1 Å². The minimum atomic E-state index is -3.88. The number of aryl methyl sites for hydroxylation is 1. The summed E-state index contributed by atoms with van der Waals surface area (Å²) in [4.78, 5) is 6.09. The lowest BCUT2D eigenvalue weighted by Crippen LogP contribution is -2.25. The summed E-state index contributed by atoms with van der Waals surface area (Å²) in [6, 6.07) is 5.87. The average molecular weight is 399 g/mol. The molecule has 11 heteroatoms. The first kappa shape index (κ1) is 20.4. The third-order valence-corrected chi connectivity index (χ3v) is 4.94. The SMILES string of the molecule is CCN(CCCOS(=O)(=O)OC)c1ccc(N=Nc2ncns2)c(C)c1. The van der Waals surface area contributed by atoms with Gasteiger partial charge in [-0.2, -0.15) is 12.8 Å². The van der Waals surface area contributed by atoms with E-state index in [1.54, 1.807) is 0 Å². The van der Waals surface area contributed by atoms with Crippen molar-refractivity contribution in [2.24, 2.45) is 10.2 Å². The van der Waals surface area contributed by atoms with Crippen molar-refractivity contribution < 1.29 is 16.8 Å². The van der Waals surface area contributed by atoms with Gasteiger partial charge in [-0.1, -0.05) is 0 Å². The Labute approximate surface area is 157 Å². The highest BCUT2D eigenvalue weighted by Crippen LogP contribution is 2.27.